The summed E-state index contributed by atoms with van der Waals surface area (Å²) >= 11 is 0. The van der Waals surface area contributed by atoms with E-state index in [2.05, 4.69) is 4.98 Å². The topological polar surface area (TPSA) is 50.2 Å². The molecule has 2 rings (SSSR count). The number of fused-ring (bicyclic) bond motifs is 1. The van der Waals surface area contributed by atoms with Gasteiger partial charge in [-0.25, -0.2) is 4.79 Å². The standard InChI is InChI=1S/C11H9NO2/c1-7-8-3-2-4-10(11(13)14)9(8)5-6-12-7/h2-6H,1H3,(H,13,14). The number of pyridine rings is 1. The smallest absolute Gasteiger partial charge is 0.336 e. The van der Waals surface area contributed by atoms with Gasteiger partial charge >= 0.3 is 5.97 Å². The highest BCUT2D eigenvalue weighted by atomic mass is 16.4. The van der Waals surface area contributed by atoms with Crippen LogP contribution in [0.5, 0.6) is 0 Å². The summed E-state index contributed by atoms with van der Waals surface area (Å²) in [5, 5.41) is 10.6. The number of rotatable bonds is 1. The zero-order chi connectivity index (χ0) is 10.1. The summed E-state index contributed by atoms with van der Waals surface area (Å²) in [5.74, 6) is -0.902. The minimum atomic E-state index is -0.902. The molecule has 0 spiro atoms. The van der Waals surface area contributed by atoms with Crippen molar-refractivity contribution in [2.45, 2.75) is 6.92 Å². The summed E-state index contributed by atoms with van der Waals surface area (Å²) in [4.78, 5) is 15.0. The van der Waals surface area contributed by atoms with Crippen molar-refractivity contribution in [1.29, 1.82) is 0 Å². The fraction of sp³-hybridized carbons (Fsp3) is 0.0909. The normalized spacial score (nSPS) is 10.4. The molecule has 0 fully saturated rings. The number of aryl methyl sites for hydroxylation is 1. The summed E-state index contributed by atoms with van der Waals surface area (Å²) in [5.41, 5.74) is 1.18. The second-order valence-electron chi connectivity index (χ2n) is 3.10. The number of carbonyl (C=O) groups is 1. The van der Waals surface area contributed by atoms with Gasteiger partial charge < -0.3 is 5.11 Å². The van der Waals surface area contributed by atoms with Crippen molar-refractivity contribution in [2.24, 2.45) is 0 Å². The second-order valence-corrected chi connectivity index (χ2v) is 3.10. The lowest BCUT2D eigenvalue weighted by atomic mass is 10.0. The Bertz CT molecular complexity index is 506. The quantitative estimate of drug-likeness (QED) is 0.744. The molecule has 0 saturated heterocycles. The largest absolute Gasteiger partial charge is 0.478 e. The average Bonchev–Trinajstić information content (AvgIpc) is 2.17. The summed E-state index contributed by atoms with van der Waals surface area (Å²) < 4.78 is 0. The predicted molar refractivity (Wildman–Crippen MR) is 53.4 cm³/mol. The molecular weight excluding hydrogens is 178 g/mol. The molecule has 0 aliphatic heterocycles. The van der Waals surface area contributed by atoms with Gasteiger partial charge in [0.2, 0.25) is 0 Å². The lowest BCUT2D eigenvalue weighted by Crippen LogP contribution is -1.98. The Labute approximate surface area is 81.0 Å². The summed E-state index contributed by atoms with van der Waals surface area (Å²) in [6, 6.07) is 6.94. The van der Waals surface area contributed by atoms with E-state index < -0.39 is 5.97 Å². The third kappa shape index (κ3) is 1.23. The first-order valence-corrected chi connectivity index (χ1v) is 4.28. The van der Waals surface area contributed by atoms with E-state index in [0.717, 1.165) is 16.5 Å². The molecule has 0 saturated carbocycles. The van der Waals surface area contributed by atoms with Crippen molar-refractivity contribution in [3.05, 3.63) is 41.7 Å². The zero-order valence-electron chi connectivity index (χ0n) is 7.69. The van der Waals surface area contributed by atoms with E-state index in [9.17, 15) is 4.79 Å². The first kappa shape index (κ1) is 8.69. The van der Waals surface area contributed by atoms with Crippen LogP contribution in [0.3, 0.4) is 0 Å². The molecule has 1 N–H and O–H groups in total. The molecule has 1 heterocycles. The molecule has 3 nitrogen and oxygen atoms in total. The van der Waals surface area contributed by atoms with Crippen LogP contribution in [0.25, 0.3) is 10.8 Å². The number of nitrogens with zero attached hydrogens (tertiary/aromatic N) is 1. The fourth-order valence-corrected chi connectivity index (χ4v) is 1.54. The Balaban J connectivity index is 2.88. The van der Waals surface area contributed by atoms with Crippen molar-refractivity contribution in [2.75, 3.05) is 0 Å². The Hall–Kier alpha value is -1.90. The van der Waals surface area contributed by atoms with Gasteiger partial charge in [0, 0.05) is 17.3 Å². The molecule has 14 heavy (non-hydrogen) atoms. The van der Waals surface area contributed by atoms with E-state index in [1.807, 2.05) is 13.0 Å². The minimum absolute atomic E-state index is 0.327. The van der Waals surface area contributed by atoms with Crippen LogP contribution in [0.2, 0.25) is 0 Å². The van der Waals surface area contributed by atoms with E-state index in [-0.39, 0.29) is 0 Å². The molecule has 0 aliphatic rings. The number of aromatic nitrogens is 1. The molecule has 3 heteroatoms. The monoisotopic (exact) mass is 187 g/mol. The third-order valence-electron chi connectivity index (χ3n) is 2.24. The van der Waals surface area contributed by atoms with Gasteiger partial charge in [-0.05, 0) is 24.4 Å². The SMILES string of the molecule is Cc1nccc2c(C(=O)O)cccc12. The Morgan fingerprint density at radius 1 is 1.29 bits per heavy atom. The van der Waals surface area contributed by atoms with Gasteiger partial charge in [-0.15, -0.1) is 0 Å². The first-order chi connectivity index (χ1) is 6.70. The number of hydrogen-bond acceptors (Lipinski definition) is 2. The zero-order valence-corrected chi connectivity index (χ0v) is 7.69. The third-order valence-corrected chi connectivity index (χ3v) is 2.24. The molecule has 2 aromatic rings. The van der Waals surface area contributed by atoms with Crippen LogP contribution in [0.1, 0.15) is 16.1 Å². The van der Waals surface area contributed by atoms with Crippen molar-refractivity contribution in [1.82, 2.24) is 4.98 Å². The van der Waals surface area contributed by atoms with Crippen LogP contribution in [0, 0.1) is 6.92 Å². The van der Waals surface area contributed by atoms with E-state index in [1.165, 1.54) is 0 Å². The van der Waals surface area contributed by atoms with Crippen molar-refractivity contribution in [3.8, 4) is 0 Å². The molecule has 1 aromatic heterocycles. The molecule has 70 valence electrons. The van der Waals surface area contributed by atoms with Crippen LogP contribution < -0.4 is 0 Å². The number of hydrogen-bond donors (Lipinski definition) is 1. The van der Waals surface area contributed by atoms with Crippen molar-refractivity contribution in [3.63, 3.8) is 0 Å². The van der Waals surface area contributed by atoms with E-state index in [1.54, 1.807) is 24.4 Å². The molecule has 0 atom stereocenters. The number of benzene rings is 1. The van der Waals surface area contributed by atoms with Gasteiger partial charge in [0.05, 0.1) is 5.56 Å². The molecule has 0 bridgehead atoms. The molecule has 0 unspecified atom stereocenters. The summed E-state index contributed by atoms with van der Waals surface area (Å²) in [7, 11) is 0. The molecule has 0 aliphatic carbocycles. The maximum Gasteiger partial charge on any atom is 0.336 e. The van der Waals surface area contributed by atoms with Gasteiger partial charge in [0.15, 0.2) is 0 Å². The van der Waals surface area contributed by atoms with Gasteiger partial charge in [-0.3, -0.25) is 4.98 Å². The van der Waals surface area contributed by atoms with Crippen LogP contribution in [0.4, 0.5) is 0 Å². The van der Waals surface area contributed by atoms with E-state index in [0.29, 0.717) is 5.56 Å². The Morgan fingerprint density at radius 2 is 2.07 bits per heavy atom. The Kier molecular flexibility index (Phi) is 1.93. The maximum absolute atomic E-state index is 10.9. The van der Waals surface area contributed by atoms with Gasteiger partial charge in [-0.2, -0.15) is 0 Å². The highest BCUT2D eigenvalue weighted by Gasteiger charge is 2.08. The second kappa shape index (κ2) is 3.10. The lowest BCUT2D eigenvalue weighted by Gasteiger charge is -2.03. The minimum Gasteiger partial charge on any atom is -0.478 e. The molecule has 0 amide bonds. The summed E-state index contributed by atoms with van der Waals surface area (Å²) in [6.45, 7) is 1.87. The molecule has 1 aromatic carbocycles. The number of carboxylic acids is 1. The lowest BCUT2D eigenvalue weighted by molar-refractivity contribution is 0.0699. The van der Waals surface area contributed by atoms with Crippen molar-refractivity contribution >= 4 is 16.7 Å². The van der Waals surface area contributed by atoms with Crippen LogP contribution in [-0.2, 0) is 0 Å². The molecule has 0 radical (unpaired) electrons. The molecular formula is C11H9NO2. The first-order valence-electron chi connectivity index (χ1n) is 4.28. The number of aromatic carboxylic acids is 1. The van der Waals surface area contributed by atoms with Crippen LogP contribution in [0.15, 0.2) is 30.5 Å². The number of carboxylic acid groups (broad SMARTS) is 1. The van der Waals surface area contributed by atoms with Gasteiger partial charge in [0.25, 0.3) is 0 Å². The van der Waals surface area contributed by atoms with E-state index in [4.69, 9.17) is 5.11 Å². The van der Waals surface area contributed by atoms with Crippen molar-refractivity contribution < 1.29 is 9.90 Å². The average molecular weight is 187 g/mol. The van der Waals surface area contributed by atoms with E-state index >= 15 is 0 Å². The van der Waals surface area contributed by atoms with Gasteiger partial charge in [0.1, 0.15) is 0 Å². The predicted octanol–water partition coefficient (Wildman–Crippen LogP) is 2.24. The van der Waals surface area contributed by atoms with Crippen LogP contribution >= 0.6 is 0 Å². The summed E-state index contributed by atoms with van der Waals surface area (Å²) in [6.07, 6.45) is 1.63. The fourth-order valence-electron chi connectivity index (χ4n) is 1.54. The van der Waals surface area contributed by atoms with Crippen LogP contribution in [-0.4, -0.2) is 16.1 Å². The maximum atomic E-state index is 10.9. The highest BCUT2D eigenvalue weighted by molar-refractivity contribution is 6.04. The highest BCUT2D eigenvalue weighted by Crippen LogP contribution is 2.20. The Morgan fingerprint density at radius 3 is 2.79 bits per heavy atom. The van der Waals surface area contributed by atoms with Gasteiger partial charge in [-0.1, -0.05) is 12.1 Å².